The molecule has 1 fully saturated rings. The molecule has 0 saturated heterocycles. The maximum atomic E-state index is 4.37. The molecule has 0 amide bonds. The summed E-state index contributed by atoms with van der Waals surface area (Å²) >= 11 is 0. The highest BCUT2D eigenvalue weighted by Crippen LogP contribution is 2.32. The maximum absolute atomic E-state index is 4.37. The molecule has 1 aliphatic carbocycles. The third-order valence-corrected chi connectivity index (χ3v) is 3.38. The number of nitrogens with one attached hydrogen (secondary N) is 2. The van der Waals surface area contributed by atoms with Gasteiger partial charge >= 0.3 is 0 Å². The Morgan fingerprint density at radius 1 is 1.11 bits per heavy atom. The largest absolute Gasteiger partial charge is 0.370 e. The Labute approximate surface area is 110 Å². The van der Waals surface area contributed by atoms with Crippen LogP contribution in [0.4, 0.5) is 11.6 Å². The molecule has 1 aromatic rings. The summed E-state index contributed by atoms with van der Waals surface area (Å²) in [6.07, 6.45) is 7.81. The van der Waals surface area contributed by atoms with Crippen LogP contribution in [0.15, 0.2) is 6.33 Å². The lowest BCUT2D eigenvalue weighted by molar-refractivity contribution is 0.756. The van der Waals surface area contributed by atoms with E-state index >= 15 is 0 Å². The maximum Gasteiger partial charge on any atom is 0.134 e. The van der Waals surface area contributed by atoms with Gasteiger partial charge in [0, 0.05) is 18.7 Å². The average Bonchev–Trinajstić information content (AvgIpc) is 3.20. The van der Waals surface area contributed by atoms with Crippen LogP contribution in [0.5, 0.6) is 0 Å². The highest BCUT2D eigenvalue weighted by atomic mass is 15.1. The van der Waals surface area contributed by atoms with E-state index in [4.69, 9.17) is 0 Å². The lowest BCUT2D eigenvalue weighted by Gasteiger charge is -2.14. The van der Waals surface area contributed by atoms with Gasteiger partial charge in [-0.1, -0.05) is 26.7 Å². The van der Waals surface area contributed by atoms with Crippen LogP contribution < -0.4 is 10.6 Å². The number of anilines is 2. The van der Waals surface area contributed by atoms with Gasteiger partial charge in [0.05, 0.1) is 0 Å². The van der Waals surface area contributed by atoms with Crippen molar-refractivity contribution < 1.29 is 0 Å². The van der Waals surface area contributed by atoms with Crippen LogP contribution in [0.3, 0.4) is 0 Å². The van der Waals surface area contributed by atoms with Crippen molar-refractivity contribution in [2.45, 2.75) is 46.0 Å². The van der Waals surface area contributed by atoms with Crippen LogP contribution in [-0.4, -0.2) is 23.1 Å². The zero-order valence-electron chi connectivity index (χ0n) is 11.5. The summed E-state index contributed by atoms with van der Waals surface area (Å²) in [5.74, 6) is 2.96. The Kier molecular flexibility index (Phi) is 4.79. The lowest BCUT2D eigenvalue weighted by atomic mass is 10.2. The highest BCUT2D eigenvalue weighted by molar-refractivity contribution is 5.57. The summed E-state index contributed by atoms with van der Waals surface area (Å²) in [6.45, 7) is 6.31. The summed E-state index contributed by atoms with van der Waals surface area (Å²) in [7, 11) is 0. The summed E-state index contributed by atoms with van der Waals surface area (Å²) in [5.41, 5.74) is 1.21. The zero-order chi connectivity index (χ0) is 12.8. The van der Waals surface area contributed by atoms with Gasteiger partial charge in [-0.25, -0.2) is 9.97 Å². The van der Waals surface area contributed by atoms with Crippen LogP contribution >= 0.6 is 0 Å². The Morgan fingerprint density at radius 2 is 1.78 bits per heavy atom. The topological polar surface area (TPSA) is 49.8 Å². The molecule has 2 rings (SSSR count). The van der Waals surface area contributed by atoms with Crippen molar-refractivity contribution in [2.75, 3.05) is 23.7 Å². The van der Waals surface area contributed by atoms with Gasteiger partial charge in [0.25, 0.3) is 0 Å². The van der Waals surface area contributed by atoms with Gasteiger partial charge in [0.15, 0.2) is 0 Å². The summed E-state index contributed by atoms with van der Waals surface area (Å²) in [5, 5.41) is 6.84. The first-order valence-corrected chi connectivity index (χ1v) is 7.16. The summed E-state index contributed by atoms with van der Waals surface area (Å²) in [6, 6.07) is 0. The van der Waals surface area contributed by atoms with Crippen molar-refractivity contribution in [2.24, 2.45) is 5.92 Å². The minimum atomic E-state index is 0.957. The van der Waals surface area contributed by atoms with E-state index in [1.807, 2.05) is 0 Å². The average molecular weight is 248 g/mol. The fourth-order valence-corrected chi connectivity index (χ4v) is 2.10. The number of nitrogens with zero attached hydrogens (tertiary/aromatic N) is 2. The summed E-state index contributed by atoms with van der Waals surface area (Å²) in [4.78, 5) is 8.71. The first kappa shape index (κ1) is 13.1. The van der Waals surface area contributed by atoms with E-state index in [1.165, 1.54) is 24.8 Å². The zero-order valence-corrected chi connectivity index (χ0v) is 11.5. The molecule has 0 radical (unpaired) electrons. The van der Waals surface area contributed by atoms with E-state index in [0.29, 0.717) is 0 Å². The molecule has 100 valence electrons. The normalized spacial score (nSPS) is 14.6. The molecule has 0 bridgehead atoms. The first-order valence-electron chi connectivity index (χ1n) is 7.16. The molecule has 4 heteroatoms. The van der Waals surface area contributed by atoms with Crippen molar-refractivity contribution in [3.63, 3.8) is 0 Å². The van der Waals surface area contributed by atoms with Crippen molar-refractivity contribution in [3.8, 4) is 0 Å². The van der Waals surface area contributed by atoms with E-state index in [-0.39, 0.29) is 0 Å². The van der Waals surface area contributed by atoms with Gasteiger partial charge in [-0.3, -0.25) is 0 Å². The van der Waals surface area contributed by atoms with Crippen LogP contribution in [0.2, 0.25) is 0 Å². The molecule has 4 nitrogen and oxygen atoms in total. The van der Waals surface area contributed by atoms with Crippen LogP contribution in [0.25, 0.3) is 0 Å². The molecule has 0 spiro atoms. The Hall–Kier alpha value is -1.32. The molecule has 0 aromatic carbocycles. The number of aromatic nitrogens is 2. The molecule has 0 unspecified atom stereocenters. The molecule has 1 aliphatic rings. The van der Waals surface area contributed by atoms with Crippen LogP contribution in [0, 0.1) is 5.92 Å². The van der Waals surface area contributed by atoms with Crippen LogP contribution in [0.1, 0.15) is 45.1 Å². The smallest absolute Gasteiger partial charge is 0.134 e. The predicted molar refractivity (Wildman–Crippen MR) is 76.0 cm³/mol. The SMILES string of the molecule is CCCNc1ncnc(NCCC2CC2)c1CC. The van der Waals surface area contributed by atoms with Gasteiger partial charge in [0.2, 0.25) is 0 Å². The molecular weight excluding hydrogens is 224 g/mol. The molecule has 18 heavy (non-hydrogen) atoms. The van der Waals surface area contributed by atoms with Crippen molar-refractivity contribution in [1.82, 2.24) is 9.97 Å². The molecule has 0 atom stereocenters. The van der Waals surface area contributed by atoms with Crippen molar-refractivity contribution in [1.29, 1.82) is 0 Å². The van der Waals surface area contributed by atoms with Gasteiger partial charge in [-0.05, 0) is 25.2 Å². The first-order chi connectivity index (χ1) is 8.85. The van der Waals surface area contributed by atoms with E-state index < -0.39 is 0 Å². The Bertz CT molecular complexity index is 374. The lowest BCUT2D eigenvalue weighted by Crippen LogP contribution is -2.11. The highest BCUT2D eigenvalue weighted by Gasteiger charge is 2.20. The van der Waals surface area contributed by atoms with E-state index in [9.17, 15) is 0 Å². The van der Waals surface area contributed by atoms with Crippen molar-refractivity contribution >= 4 is 11.6 Å². The monoisotopic (exact) mass is 248 g/mol. The molecule has 1 saturated carbocycles. The third kappa shape index (κ3) is 3.59. The fourth-order valence-electron chi connectivity index (χ4n) is 2.10. The van der Waals surface area contributed by atoms with E-state index in [2.05, 4.69) is 34.4 Å². The van der Waals surface area contributed by atoms with Gasteiger partial charge in [0.1, 0.15) is 18.0 Å². The van der Waals surface area contributed by atoms with Gasteiger partial charge < -0.3 is 10.6 Å². The molecule has 0 aliphatic heterocycles. The van der Waals surface area contributed by atoms with Crippen molar-refractivity contribution in [3.05, 3.63) is 11.9 Å². The molecular formula is C14H24N4. The van der Waals surface area contributed by atoms with E-state index in [0.717, 1.165) is 43.5 Å². The third-order valence-electron chi connectivity index (χ3n) is 3.38. The second kappa shape index (κ2) is 6.57. The second-order valence-electron chi connectivity index (χ2n) is 4.99. The summed E-state index contributed by atoms with van der Waals surface area (Å²) < 4.78 is 0. The van der Waals surface area contributed by atoms with Gasteiger partial charge in [-0.2, -0.15) is 0 Å². The predicted octanol–water partition coefficient (Wildman–Crippen LogP) is 3.07. The van der Waals surface area contributed by atoms with E-state index in [1.54, 1.807) is 6.33 Å². The number of hydrogen-bond donors (Lipinski definition) is 2. The minimum absolute atomic E-state index is 0.957. The second-order valence-corrected chi connectivity index (χ2v) is 4.99. The quantitative estimate of drug-likeness (QED) is 0.742. The van der Waals surface area contributed by atoms with Gasteiger partial charge in [-0.15, -0.1) is 0 Å². The Balaban J connectivity index is 1.97. The number of rotatable bonds is 8. The Morgan fingerprint density at radius 3 is 2.33 bits per heavy atom. The fraction of sp³-hybridized carbons (Fsp3) is 0.714. The minimum Gasteiger partial charge on any atom is -0.370 e. The molecule has 1 aromatic heterocycles. The molecule has 2 N–H and O–H groups in total. The standard InChI is InChI=1S/C14H24N4/c1-3-8-15-13-12(4-2)14(18-10-17-13)16-9-7-11-5-6-11/h10-11H,3-9H2,1-2H3,(H2,15,16,17,18). The molecule has 1 heterocycles. The number of hydrogen-bond acceptors (Lipinski definition) is 4. The van der Waals surface area contributed by atoms with Crippen LogP contribution in [-0.2, 0) is 6.42 Å².